The van der Waals surface area contributed by atoms with Crippen molar-refractivity contribution in [2.45, 2.75) is 26.8 Å². The zero-order valence-electron chi connectivity index (χ0n) is 9.84. The maximum Gasteiger partial charge on any atom is 0.383 e. The highest BCUT2D eigenvalue weighted by Crippen LogP contribution is 2.13. The number of hydrogen-bond donors (Lipinski definition) is 1. The molecule has 1 heterocycles. The van der Waals surface area contributed by atoms with Gasteiger partial charge in [-0.25, -0.2) is 18.9 Å². The van der Waals surface area contributed by atoms with Gasteiger partial charge in [-0.1, -0.05) is 0 Å². The van der Waals surface area contributed by atoms with E-state index in [1.165, 1.54) is 18.4 Å². The number of carboxylic acids is 1. The van der Waals surface area contributed by atoms with Gasteiger partial charge in [0, 0.05) is 6.92 Å². The standard InChI is InChI=1S/C10H14N2O5/c1-4-17-10(15)8-6(2)11(5-12(8)16)7(3)9(13)14/h5,7H,4H2,1-3H3,(H,13,14). The SMILES string of the molecule is CCOC(=O)c1c(C)n(C(C)C(=O)O)c[n+]1[O-]. The van der Waals surface area contributed by atoms with Gasteiger partial charge in [-0.3, -0.25) is 0 Å². The lowest BCUT2D eigenvalue weighted by molar-refractivity contribution is -0.608. The van der Waals surface area contributed by atoms with Gasteiger partial charge in [0.05, 0.1) is 6.61 Å². The normalized spacial score (nSPS) is 12.2. The number of rotatable bonds is 4. The third kappa shape index (κ3) is 2.38. The summed E-state index contributed by atoms with van der Waals surface area (Å²) in [6.45, 7) is 4.70. The van der Waals surface area contributed by atoms with E-state index < -0.39 is 18.0 Å². The quantitative estimate of drug-likeness (QED) is 0.464. The summed E-state index contributed by atoms with van der Waals surface area (Å²) in [5, 5.41) is 20.4. The average Bonchev–Trinajstić information content (AvgIpc) is 2.53. The fourth-order valence-electron chi connectivity index (χ4n) is 1.49. The van der Waals surface area contributed by atoms with E-state index in [0.717, 1.165) is 6.33 Å². The fraction of sp³-hybridized carbons (Fsp3) is 0.500. The maximum atomic E-state index is 11.5. The van der Waals surface area contributed by atoms with Gasteiger partial charge in [0.1, 0.15) is 0 Å². The molecule has 1 N–H and O–H groups in total. The monoisotopic (exact) mass is 242 g/mol. The van der Waals surface area contributed by atoms with Gasteiger partial charge in [0.15, 0.2) is 11.7 Å². The molecule has 0 bridgehead atoms. The molecule has 94 valence electrons. The summed E-state index contributed by atoms with van der Waals surface area (Å²) >= 11 is 0. The third-order valence-corrected chi connectivity index (χ3v) is 2.42. The topological polar surface area (TPSA) is 95.5 Å². The first-order valence-electron chi connectivity index (χ1n) is 5.10. The highest BCUT2D eigenvalue weighted by Gasteiger charge is 2.29. The summed E-state index contributed by atoms with van der Waals surface area (Å²) in [4.78, 5) is 22.3. The van der Waals surface area contributed by atoms with E-state index in [9.17, 15) is 14.8 Å². The van der Waals surface area contributed by atoms with E-state index >= 15 is 0 Å². The molecule has 0 amide bonds. The Morgan fingerprint density at radius 2 is 2.24 bits per heavy atom. The van der Waals surface area contributed by atoms with Crippen LogP contribution in [0, 0.1) is 12.1 Å². The summed E-state index contributed by atoms with van der Waals surface area (Å²) in [5.74, 6) is -1.84. The number of imidazole rings is 1. The Balaban J connectivity index is 3.18. The summed E-state index contributed by atoms with van der Waals surface area (Å²) in [5.41, 5.74) is 0.0910. The highest BCUT2D eigenvalue weighted by molar-refractivity contribution is 5.87. The molecule has 1 rings (SSSR count). The summed E-state index contributed by atoms with van der Waals surface area (Å²) in [7, 11) is 0. The molecular formula is C10H14N2O5. The minimum Gasteiger partial charge on any atom is -0.710 e. The van der Waals surface area contributed by atoms with Crippen LogP contribution in [-0.4, -0.2) is 28.2 Å². The zero-order chi connectivity index (χ0) is 13.2. The molecule has 0 saturated carbocycles. The third-order valence-electron chi connectivity index (χ3n) is 2.42. The summed E-state index contributed by atoms with van der Waals surface area (Å²) in [6.07, 6.45) is 1.03. The minimum absolute atomic E-state index is 0.151. The van der Waals surface area contributed by atoms with Crippen LogP contribution < -0.4 is 4.73 Å². The highest BCUT2D eigenvalue weighted by atomic mass is 16.5. The molecule has 7 heteroatoms. The van der Waals surface area contributed by atoms with E-state index in [4.69, 9.17) is 9.84 Å². The second-order valence-electron chi connectivity index (χ2n) is 3.52. The number of carboxylic acid groups (broad SMARTS) is 1. The Hall–Kier alpha value is -2.05. The Morgan fingerprint density at radius 3 is 2.71 bits per heavy atom. The number of nitrogens with zero attached hydrogens (tertiary/aromatic N) is 2. The van der Waals surface area contributed by atoms with Gasteiger partial charge in [-0.2, -0.15) is 0 Å². The molecule has 7 nitrogen and oxygen atoms in total. The molecule has 1 aromatic heterocycles. The molecule has 0 spiro atoms. The second kappa shape index (κ2) is 4.86. The number of aliphatic carboxylic acids is 1. The van der Waals surface area contributed by atoms with Gasteiger partial charge < -0.3 is 15.1 Å². The number of carbonyl (C=O) groups excluding carboxylic acids is 1. The molecule has 1 unspecified atom stereocenters. The molecule has 0 aromatic carbocycles. The van der Waals surface area contributed by atoms with Crippen LogP contribution in [0.15, 0.2) is 6.33 Å². The predicted molar refractivity (Wildman–Crippen MR) is 56.4 cm³/mol. The number of hydrogen-bond acceptors (Lipinski definition) is 4. The zero-order valence-corrected chi connectivity index (χ0v) is 9.84. The van der Waals surface area contributed by atoms with E-state index in [0.29, 0.717) is 4.73 Å². The Bertz CT molecular complexity index is 452. The van der Waals surface area contributed by atoms with Crippen molar-refractivity contribution in [1.82, 2.24) is 4.57 Å². The van der Waals surface area contributed by atoms with Crippen molar-refractivity contribution in [2.24, 2.45) is 0 Å². The molecule has 0 aliphatic carbocycles. The largest absolute Gasteiger partial charge is 0.710 e. The van der Waals surface area contributed by atoms with Crippen LogP contribution >= 0.6 is 0 Å². The molecule has 0 fully saturated rings. The molecular weight excluding hydrogens is 228 g/mol. The maximum absolute atomic E-state index is 11.5. The number of aromatic nitrogens is 2. The van der Waals surface area contributed by atoms with Crippen LogP contribution in [0.25, 0.3) is 0 Å². The van der Waals surface area contributed by atoms with Crippen LogP contribution in [-0.2, 0) is 9.53 Å². The first-order valence-corrected chi connectivity index (χ1v) is 5.10. The van der Waals surface area contributed by atoms with Crippen molar-refractivity contribution in [3.05, 3.63) is 22.9 Å². The van der Waals surface area contributed by atoms with Gasteiger partial charge in [0.2, 0.25) is 6.33 Å². The molecule has 0 aliphatic heterocycles. The van der Waals surface area contributed by atoms with E-state index in [2.05, 4.69) is 0 Å². The van der Waals surface area contributed by atoms with Gasteiger partial charge in [-0.05, 0) is 13.8 Å². The number of carbonyl (C=O) groups is 2. The Morgan fingerprint density at radius 1 is 1.65 bits per heavy atom. The van der Waals surface area contributed by atoms with Crippen molar-refractivity contribution < 1.29 is 24.2 Å². The van der Waals surface area contributed by atoms with Crippen LogP contribution in [0.2, 0.25) is 0 Å². The second-order valence-corrected chi connectivity index (χ2v) is 3.52. The Kier molecular flexibility index (Phi) is 3.72. The summed E-state index contributed by atoms with van der Waals surface area (Å²) in [6, 6.07) is -0.918. The molecule has 17 heavy (non-hydrogen) atoms. The average molecular weight is 242 g/mol. The van der Waals surface area contributed by atoms with Crippen molar-refractivity contribution >= 4 is 11.9 Å². The smallest absolute Gasteiger partial charge is 0.383 e. The first kappa shape index (κ1) is 13.0. The van der Waals surface area contributed by atoms with Gasteiger partial charge in [0.25, 0.3) is 5.69 Å². The van der Waals surface area contributed by atoms with Crippen molar-refractivity contribution in [3.8, 4) is 0 Å². The van der Waals surface area contributed by atoms with Gasteiger partial charge >= 0.3 is 11.9 Å². The minimum atomic E-state index is -1.08. The van der Waals surface area contributed by atoms with E-state index in [-0.39, 0.29) is 18.0 Å². The lowest BCUT2D eigenvalue weighted by Gasteiger charge is -2.03. The van der Waals surface area contributed by atoms with Crippen LogP contribution in [0.4, 0.5) is 0 Å². The van der Waals surface area contributed by atoms with Crippen LogP contribution in [0.5, 0.6) is 0 Å². The lowest BCUT2D eigenvalue weighted by atomic mass is 10.3. The molecule has 0 saturated heterocycles. The first-order chi connectivity index (χ1) is 7.90. The molecule has 1 aromatic rings. The Labute approximate surface area is 97.8 Å². The molecule has 1 atom stereocenters. The van der Waals surface area contributed by atoms with Crippen LogP contribution in [0.1, 0.15) is 36.1 Å². The molecule has 0 radical (unpaired) electrons. The summed E-state index contributed by atoms with van der Waals surface area (Å²) < 4.78 is 6.27. The van der Waals surface area contributed by atoms with Crippen molar-refractivity contribution in [3.63, 3.8) is 0 Å². The fourth-order valence-corrected chi connectivity index (χ4v) is 1.49. The van der Waals surface area contributed by atoms with E-state index in [1.807, 2.05) is 0 Å². The van der Waals surface area contributed by atoms with Gasteiger partial charge in [-0.15, -0.1) is 0 Å². The number of esters is 1. The van der Waals surface area contributed by atoms with Crippen molar-refractivity contribution in [2.75, 3.05) is 6.61 Å². The number of ether oxygens (including phenoxy) is 1. The molecule has 0 aliphatic rings. The van der Waals surface area contributed by atoms with E-state index in [1.54, 1.807) is 6.92 Å². The van der Waals surface area contributed by atoms with Crippen LogP contribution in [0.3, 0.4) is 0 Å². The predicted octanol–water partition coefficient (Wildman–Crippen LogP) is 0.252. The lowest BCUT2D eigenvalue weighted by Crippen LogP contribution is -2.32. The van der Waals surface area contributed by atoms with Crippen molar-refractivity contribution in [1.29, 1.82) is 0 Å².